The van der Waals surface area contributed by atoms with E-state index >= 15 is 0 Å². The zero-order valence-corrected chi connectivity index (χ0v) is 13.1. The van der Waals surface area contributed by atoms with Gasteiger partial charge in [-0.3, -0.25) is 9.52 Å². The maximum atomic E-state index is 12.3. The molecule has 0 unspecified atom stereocenters. The number of hydrogen-bond acceptors (Lipinski definition) is 3. The SMILES string of the molecule is Cc1ccc(S(=O)(=O)Nc2cc(C(=O)Cl)ccc2C)cc1. The lowest BCUT2D eigenvalue weighted by Gasteiger charge is -2.11. The van der Waals surface area contributed by atoms with Crippen molar-refractivity contribution in [2.45, 2.75) is 18.7 Å². The van der Waals surface area contributed by atoms with Crippen molar-refractivity contribution in [2.75, 3.05) is 4.72 Å². The summed E-state index contributed by atoms with van der Waals surface area (Å²) in [4.78, 5) is 11.3. The minimum atomic E-state index is -3.70. The average molecular weight is 324 g/mol. The Morgan fingerprint density at radius 3 is 2.24 bits per heavy atom. The second-order valence-corrected chi connectivity index (χ2v) is 6.75. The van der Waals surface area contributed by atoms with Crippen LogP contribution in [0.2, 0.25) is 0 Å². The van der Waals surface area contributed by atoms with E-state index in [0.717, 1.165) is 5.56 Å². The Kier molecular flexibility index (Phi) is 4.34. The maximum Gasteiger partial charge on any atom is 0.261 e. The van der Waals surface area contributed by atoms with Gasteiger partial charge in [0.25, 0.3) is 15.3 Å². The van der Waals surface area contributed by atoms with Gasteiger partial charge in [0.1, 0.15) is 0 Å². The summed E-state index contributed by atoms with van der Waals surface area (Å²) in [6, 6.07) is 11.1. The molecule has 0 saturated heterocycles. The van der Waals surface area contributed by atoms with Crippen molar-refractivity contribution < 1.29 is 13.2 Å². The Balaban J connectivity index is 2.38. The lowest BCUT2D eigenvalue weighted by atomic mass is 10.1. The lowest BCUT2D eigenvalue weighted by Crippen LogP contribution is -2.14. The third-order valence-electron chi connectivity index (χ3n) is 3.04. The van der Waals surface area contributed by atoms with Gasteiger partial charge >= 0.3 is 0 Å². The summed E-state index contributed by atoms with van der Waals surface area (Å²) in [6.07, 6.45) is 0. The molecule has 0 fully saturated rings. The topological polar surface area (TPSA) is 63.2 Å². The van der Waals surface area contributed by atoms with Crippen LogP contribution in [0.3, 0.4) is 0 Å². The third kappa shape index (κ3) is 3.62. The number of rotatable bonds is 4. The zero-order chi connectivity index (χ0) is 15.6. The van der Waals surface area contributed by atoms with E-state index in [1.807, 2.05) is 6.92 Å². The molecular weight excluding hydrogens is 310 g/mol. The van der Waals surface area contributed by atoms with Crippen molar-refractivity contribution in [3.63, 3.8) is 0 Å². The lowest BCUT2D eigenvalue weighted by molar-refractivity contribution is 0.108. The first-order chi connectivity index (χ1) is 9.79. The van der Waals surface area contributed by atoms with E-state index in [4.69, 9.17) is 11.6 Å². The van der Waals surface area contributed by atoms with Gasteiger partial charge in [-0.15, -0.1) is 0 Å². The molecule has 2 rings (SSSR count). The van der Waals surface area contributed by atoms with E-state index in [1.54, 1.807) is 31.2 Å². The molecule has 1 N–H and O–H groups in total. The van der Waals surface area contributed by atoms with Gasteiger partial charge in [-0.25, -0.2) is 8.42 Å². The van der Waals surface area contributed by atoms with E-state index in [-0.39, 0.29) is 10.5 Å². The van der Waals surface area contributed by atoms with Crippen LogP contribution in [0.5, 0.6) is 0 Å². The molecule has 0 atom stereocenters. The number of nitrogens with one attached hydrogen (secondary N) is 1. The van der Waals surface area contributed by atoms with Crippen molar-refractivity contribution in [3.05, 3.63) is 59.2 Å². The second-order valence-electron chi connectivity index (χ2n) is 4.72. The Bertz CT molecular complexity index is 783. The van der Waals surface area contributed by atoms with Crippen LogP contribution in [0, 0.1) is 13.8 Å². The third-order valence-corrected chi connectivity index (χ3v) is 4.64. The zero-order valence-electron chi connectivity index (χ0n) is 11.6. The molecular formula is C15H14ClNO3S. The summed E-state index contributed by atoms with van der Waals surface area (Å²) in [6.45, 7) is 3.62. The molecule has 0 aliphatic heterocycles. The average Bonchev–Trinajstić information content (AvgIpc) is 2.41. The molecule has 0 aliphatic rings. The quantitative estimate of drug-likeness (QED) is 0.876. The molecule has 0 aliphatic carbocycles. The molecule has 0 saturated carbocycles. The first kappa shape index (κ1) is 15.5. The summed E-state index contributed by atoms with van der Waals surface area (Å²) in [5.74, 6) is 0. The van der Waals surface area contributed by atoms with Gasteiger partial charge in [-0.2, -0.15) is 0 Å². The molecule has 0 bridgehead atoms. The van der Waals surface area contributed by atoms with E-state index in [9.17, 15) is 13.2 Å². The molecule has 0 spiro atoms. The first-order valence-corrected chi connectivity index (χ1v) is 8.06. The summed E-state index contributed by atoms with van der Waals surface area (Å²) in [5, 5.41) is -0.634. The van der Waals surface area contributed by atoms with Crippen LogP contribution in [0.25, 0.3) is 0 Å². The van der Waals surface area contributed by atoms with Crippen molar-refractivity contribution in [1.82, 2.24) is 0 Å². The van der Waals surface area contributed by atoms with Gasteiger partial charge in [0.15, 0.2) is 0 Å². The van der Waals surface area contributed by atoms with Crippen LogP contribution in [0.4, 0.5) is 5.69 Å². The molecule has 0 radical (unpaired) electrons. The smallest absolute Gasteiger partial charge is 0.261 e. The maximum absolute atomic E-state index is 12.3. The Hall–Kier alpha value is -1.85. The summed E-state index contributed by atoms with van der Waals surface area (Å²) < 4.78 is 27.1. The summed E-state index contributed by atoms with van der Waals surface area (Å²) in [5.41, 5.74) is 2.25. The van der Waals surface area contributed by atoms with Crippen LogP contribution >= 0.6 is 11.6 Å². The number of anilines is 1. The highest BCUT2D eigenvalue weighted by molar-refractivity contribution is 7.92. The van der Waals surface area contributed by atoms with Crippen LogP contribution in [0.1, 0.15) is 21.5 Å². The normalized spacial score (nSPS) is 11.2. The van der Waals surface area contributed by atoms with E-state index in [2.05, 4.69) is 4.72 Å². The fourth-order valence-electron chi connectivity index (χ4n) is 1.78. The van der Waals surface area contributed by atoms with Crippen LogP contribution < -0.4 is 4.72 Å². The van der Waals surface area contributed by atoms with Crippen LogP contribution in [-0.2, 0) is 10.0 Å². The molecule has 4 nitrogen and oxygen atoms in total. The molecule has 0 aromatic heterocycles. The monoisotopic (exact) mass is 323 g/mol. The highest BCUT2D eigenvalue weighted by Gasteiger charge is 2.16. The fourth-order valence-corrected chi connectivity index (χ4v) is 3.01. The standard InChI is InChI=1S/C15H14ClNO3S/c1-10-3-7-13(8-4-10)21(19,20)17-14-9-12(15(16)18)6-5-11(14)2/h3-9,17H,1-2H3. The number of aryl methyl sites for hydroxylation is 2. The van der Waals surface area contributed by atoms with Crippen molar-refractivity contribution in [3.8, 4) is 0 Å². The van der Waals surface area contributed by atoms with Gasteiger partial charge in [0.05, 0.1) is 10.6 Å². The first-order valence-electron chi connectivity index (χ1n) is 6.19. The van der Waals surface area contributed by atoms with Gasteiger partial charge in [0, 0.05) is 5.56 Å². The minimum absolute atomic E-state index is 0.162. The molecule has 2 aromatic carbocycles. The van der Waals surface area contributed by atoms with Gasteiger partial charge in [0.2, 0.25) is 0 Å². The van der Waals surface area contributed by atoms with Crippen LogP contribution in [-0.4, -0.2) is 13.7 Å². The van der Waals surface area contributed by atoms with Crippen molar-refractivity contribution in [1.29, 1.82) is 0 Å². The molecule has 0 amide bonds. The Morgan fingerprint density at radius 1 is 1.05 bits per heavy atom. The molecule has 6 heteroatoms. The largest absolute Gasteiger partial charge is 0.279 e. The van der Waals surface area contributed by atoms with Gasteiger partial charge < -0.3 is 0 Å². The number of sulfonamides is 1. The summed E-state index contributed by atoms with van der Waals surface area (Å²) >= 11 is 5.42. The number of hydrogen-bond donors (Lipinski definition) is 1. The number of halogens is 1. The Morgan fingerprint density at radius 2 is 1.67 bits per heavy atom. The highest BCUT2D eigenvalue weighted by atomic mass is 35.5. The van der Waals surface area contributed by atoms with E-state index in [1.165, 1.54) is 18.2 Å². The minimum Gasteiger partial charge on any atom is -0.279 e. The van der Waals surface area contributed by atoms with Gasteiger partial charge in [-0.1, -0.05) is 23.8 Å². The van der Waals surface area contributed by atoms with E-state index < -0.39 is 15.3 Å². The summed E-state index contributed by atoms with van der Waals surface area (Å²) in [7, 11) is -3.70. The van der Waals surface area contributed by atoms with Gasteiger partial charge in [-0.05, 0) is 55.3 Å². The predicted octanol–water partition coefficient (Wildman–Crippen LogP) is 3.48. The highest BCUT2D eigenvalue weighted by Crippen LogP contribution is 2.22. The molecule has 2 aromatic rings. The number of carbonyl (C=O) groups is 1. The van der Waals surface area contributed by atoms with Crippen molar-refractivity contribution in [2.24, 2.45) is 0 Å². The van der Waals surface area contributed by atoms with Crippen molar-refractivity contribution >= 4 is 32.6 Å². The Labute approximate surface area is 128 Å². The number of carbonyl (C=O) groups excluding carboxylic acids is 1. The number of benzene rings is 2. The van der Waals surface area contributed by atoms with E-state index in [0.29, 0.717) is 11.3 Å². The fraction of sp³-hybridized carbons (Fsp3) is 0.133. The molecule has 0 heterocycles. The molecule has 21 heavy (non-hydrogen) atoms. The molecule has 110 valence electrons. The predicted molar refractivity (Wildman–Crippen MR) is 83.4 cm³/mol. The second kappa shape index (κ2) is 5.87. The van der Waals surface area contributed by atoms with Crippen LogP contribution in [0.15, 0.2) is 47.4 Å².